The van der Waals surface area contributed by atoms with Crippen LogP contribution in [-0.2, 0) is 41.8 Å². The van der Waals surface area contributed by atoms with Crippen molar-refractivity contribution in [1.82, 2.24) is 14.5 Å². The molecule has 212 valence electrons. The largest absolute Gasteiger partial charge is 0.389 e. The summed E-state index contributed by atoms with van der Waals surface area (Å²) in [5.41, 5.74) is 2.67. The molecular weight excluding hydrogens is 529 g/mol. The number of likely N-dealkylation sites (tertiary alicyclic amines) is 1. The van der Waals surface area contributed by atoms with Gasteiger partial charge in [-0.25, -0.2) is 4.98 Å². The second-order valence-corrected chi connectivity index (χ2v) is 11.5. The lowest BCUT2D eigenvalue weighted by atomic mass is 9.61. The van der Waals surface area contributed by atoms with E-state index in [4.69, 9.17) is 4.98 Å². The number of alkyl halides is 5. The van der Waals surface area contributed by atoms with E-state index in [1.165, 1.54) is 0 Å². The zero-order chi connectivity index (χ0) is 28.2. The minimum atomic E-state index is -4.25. The van der Waals surface area contributed by atoms with Gasteiger partial charge in [-0.15, -0.1) is 0 Å². The van der Waals surface area contributed by atoms with Gasteiger partial charge in [-0.1, -0.05) is 36.4 Å². The Kier molecular flexibility index (Phi) is 6.70. The number of ketones is 1. The van der Waals surface area contributed by atoms with Gasteiger partial charge in [0.2, 0.25) is 0 Å². The fraction of sp³-hybridized carbons (Fsp3) is 0.500. The number of rotatable bonds is 6. The molecule has 1 unspecified atom stereocenters. The summed E-state index contributed by atoms with van der Waals surface area (Å²) in [5, 5.41) is 1.96. The monoisotopic (exact) mass is 559 g/mol. The number of Topliss-reactive ketones (excluding diaryl/α,β-unsaturated/α-hetero) is 1. The number of fused-ring (bicyclic) bond motifs is 3. The van der Waals surface area contributed by atoms with Crippen molar-refractivity contribution in [2.45, 2.75) is 76.4 Å². The van der Waals surface area contributed by atoms with Crippen LogP contribution in [0.4, 0.5) is 22.0 Å². The third kappa shape index (κ3) is 4.79. The molecule has 0 N–H and O–H groups in total. The van der Waals surface area contributed by atoms with E-state index in [9.17, 15) is 31.5 Å². The lowest BCUT2D eigenvalue weighted by molar-refractivity contribution is -0.162. The molecule has 3 aliphatic rings. The Labute approximate surface area is 228 Å². The Morgan fingerprint density at radius 1 is 1.07 bits per heavy atom. The number of carbonyl (C=O) groups is 2. The molecule has 40 heavy (non-hydrogen) atoms. The second-order valence-electron chi connectivity index (χ2n) is 11.5. The van der Waals surface area contributed by atoms with Gasteiger partial charge in [0.1, 0.15) is 5.82 Å². The van der Waals surface area contributed by atoms with Crippen molar-refractivity contribution in [3.8, 4) is 0 Å². The maximum absolute atomic E-state index is 14.2. The highest BCUT2D eigenvalue weighted by molar-refractivity contribution is 5.98. The highest BCUT2D eigenvalue weighted by Gasteiger charge is 2.56. The maximum Gasteiger partial charge on any atom is 0.389 e. The molecule has 6 rings (SSSR count). The van der Waals surface area contributed by atoms with E-state index >= 15 is 0 Å². The summed E-state index contributed by atoms with van der Waals surface area (Å²) < 4.78 is 67.0. The van der Waals surface area contributed by atoms with Crippen LogP contribution in [0.3, 0.4) is 0 Å². The van der Waals surface area contributed by atoms with Gasteiger partial charge in [-0.05, 0) is 60.4 Å². The predicted octanol–water partition coefficient (Wildman–Crippen LogP) is 5.80. The third-order valence-corrected chi connectivity index (χ3v) is 8.78. The first kappa shape index (κ1) is 26.9. The van der Waals surface area contributed by atoms with Gasteiger partial charge in [0.15, 0.2) is 5.78 Å². The topological polar surface area (TPSA) is 55.2 Å². The van der Waals surface area contributed by atoms with Crippen molar-refractivity contribution in [2.75, 3.05) is 13.1 Å². The molecule has 1 atom stereocenters. The molecule has 1 spiro atoms. The highest BCUT2D eigenvalue weighted by atomic mass is 19.4. The average molecular weight is 560 g/mol. The Morgan fingerprint density at radius 2 is 1.77 bits per heavy atom. The minimum absolute atomic E-state index is 0.0612. The second kappa shape index (κ2) is 9.96. The number of imidazole rings is 1. The Hall–Kier alpha value is -3.30. The van der Waals surface area contributed by atoms with Crippen LogP contribution in [0.2, 0.25) is 0 Å². The molecule has 1 saturated heterocycles. The summed E-state index contributed by atoms with van der Waals surface area (Å²) in [7, 11) is 0. The van der Waals surface area contributed by atoms with Gasteiger partial charge in [-0.2, -0.15) is 22.0 Å². The lowest BCUT2D eigenvalue weighted by Gasteiger charge is -2.52. The summed E-state index contributed by atoms with van der Waals surface area (Å²) in [6, 6.07) is 11.8. The molecule has 0 radical (unpaired) electrons. The smallest absolute Gasteiger partial charge is 0.336 e. The first-order chi connectivity index (χ1) is 19.0. The molecule has 5 nitrogen and oxygen atoms in total. The summed E-state index contributed by atoms with van der Waals surface area (Å²) >= 11 is 0. The highest BCUT2D eigenvalue weighted by Crippen LogP contribution is 2.47. The van der Waals surface area contributed by atoms with Crippen molar-refractivity contribution >= 4 is 22.5 Å². The summed E-state index contributed by atoms with van der Waals surface area (Å²) in [6.07, 6.45) is -4.39. The number of benzene rings is 2. The molecule has 0 saturated carbocycles. The standard InChI is InChI=1S/C30H30F5N3O2/c31-27(32)28(40)37-16-29(17-37)15-20-12-18-6-1-2-7-19(18)13-21(20)22(26(29)39)14-25-36-23-8-3-4-9-24(23)38(25)11-5-10-30(33,34)35/h1-2,6-7,12-13,22,27H,3-5,8-11,14-17H2. The van der Waals surface area contributed by atoms with Crippen LogP contribution in [0.25, 0.3) is 10.8 Å². The molecule has 2 heterocycles. The zero-order valence-electron chi connectivity index (χ0n) is 21.9. The van der Waals surface area contributed by atoms with Crippen LogP contribution in [0.15, 0.2) is 36.4 Å². The number of hydrogen-bond donors (Lipinski definition) is 0. The average Bonchev–Trinajstić information content (AvgIpc) is 3.23. The molecule has 1 aliphatic heterocycles. The number of nitrogens with zero attached hydrogens (tertiary/aromatic N) is 3. The predicted molar refractivity (Wildman–Crippen MR) is 138 cm³/mol. The quantitative estimate of drug-likeness (QED) is 0.359. The van der Waals surface area contributed by atoms with Crippen molar-refractivity contribution in [3.05, 3.63) is 64.7 Å². The Balaban J connectivity index is 1.38. The van der Waals surface area contributed by atoms with E-state index < -0.39 is 36.3 Å². The molecule has 1 fully saturated rings. The number of aromatic nitrogens is 2. The van der Waals surface area contributed by atoms with Gasteiger partial charge >= 0.3 is 12.6 Å². The molecule has 10 heteroatoms. The molecular formula is C30H30F5N3O2. The number of amides is 1. The first-order valence-corrected chi connectivity index (χ1v) is 13.8. The molecule has 0 bridgehead atoms. The Bertz CT molecular complexity index is 1470. The summed E-state index contributed by atoms with van der Waals surface area (Å²) in [6.45, 7) is 0.0487. The van der Waals surface area contributed by atoms with E-state index in [-0.39, 0.29) is 38.3 Å². The number of hydrogen-bond acceptors (Lipinski definition) is 3. The van der Waals surface area contributed by atoms with E-state index in [1.807, 2.05) is 41.0 Å². The normalized spacial score (nSPS) is 20.1. The summed E-state index contributed by atoms with van der Waals surface area (Å²) in [5.74, 6) is -1.42. The van der Waals surface area contributed by atoms with Crippen LogP contribution in [0, 0.1) is 5.41 Å². The van der Waals surface area contributed by atoms with Crippen LogP contribution in [0.1, 0.15) is 59.9 Å². The van der Waals surface area contributed by atoms with Crippen LogP contribution < -0.4 is 0 Å². The number of carbonyl (C=O) groups excluding carboxylic acids is 2. The minimum Gasteiger partial charge on any atom is -0.336 e. The van der Waals surface area contributed by atoms with Gasteiger partial charge in [0.05, 0.1) is 17.0 Å². The Morgan fingerprint density at radius 3 is 2.48 bits per heavy atom. The fourth-order valence-electron chi connectivity index (χ4n) is 6.89. The lowest BCUT2D eigenvalue weighted by Crippen LogP contribution is -2.66. The molecule has 1 aromatic heterocycles. The molecule has 2 aromatic carbocycles. The van der Waals surface area contributed by atoms with Gasteiger partial charge < -0.3 is 9.47 Å². The van der Waals surface area contributed by atoms with Gasteiger partial charge in [0.25, 0.3) is 5.91 Å². The number of halogens is 5. The van der Waals surface area contributed by atoms with E-state index in [0.29, 0.717) is 12.2 Å². The fourth-order valence-corrected chi connectivity index (χ4v) is 6.89. The third-order valence-electron chi connectivity index (χ3n) is 8.78. The van der Waals surface area contributed by atoms with Crippen molar-refractivity contribution < 1.29 is 31.5 Å². The summed E-state index contributed by atoms with van der Waals surface area (Å²) in [4.78, 5) is 32.0. The SMILES string of the molecule is O=C(C(F)F)N1CC2(Cc3cc4ccccc4cc3C(Cc3nc4c(n3CCCC(F)(F)F)CCCC4)C2=O)C1. The van der Waals surface area contributed by atoms with Crippen molar-refractivity contribution in [3.63, 3.8) is 0 Å². The van der Waals surface area contributed by atoms with Crippen molar-refractivity contribution in [2.24, 2.45) is 5.41 Å². The van der Waals surface area contributed by atoms with Crippen LogP contribution >= 0.6 is 0 Å². The van der Waals surface area contributed by atoms with Crippen LogP contribution in [-0.4, -0.2) is 51.8 Å². The number of aryl methyl sites for hydroxylation is 1. The molecule has 1 amide bonds. The first-order valence-electron chi connectivity index (χ1n) is 13.8. The van der Waals surface area contributed by atoms with Crippen molar-refractivity contribution in [1.29, 1.82) is 0 Å². The van der Waals surface area contributed by atoms with Gasteiger partial charge in [-0.3, -0.25) is 9.59 Å². The van der Waals surface area contributed by atoms with Gasteiger partial charge in [0, 0.05) is 38.2 Å². The molecule has 2 aliphatic carbocycles. The van der Waals surface area contributed by atoms with Crippen LogP contribution in [0.5, 0.6) is 0 Å². The zero-order valence-corrected chi connectivity index (χ0v) is 21.9. The van der Waals surface area contributed by atoms with E-state index in [0.717, 1.165) is 63.9 Å². The van der Waals surface area contributed by atoms with E-state index in [2.05, 4.69) is 0 Å². The molecule has 3 aromatic rings. The maximum atomic E-state index is 14.2. The van der Waals surface area contributed by atoms with E-state index in [1.54, 1.807) is 0 Å².